The van der Waals surface area contributed by atoms with Crippen LogP contribution in [0.15, 0.2) is 60.8 Å². The highest BCUT2D eigenvalue weighted by Crippen LogP contribution is 2.40. The Balaban J connectivity index is 1.42. The quantitative estimate of drug-likeness (QED) is 0.481. The predicted molar refractivity (Wildman–Crippen MR) is 126 cm³/mol. The van der Waals surface area contributed by atoms with Crippen LogP contribution in [0.5, 0.6) is 0 Å². The van der Waals surface area contributed by atoms with E-state index in [1.807, 2.05) is 24.4 Å². The highest BCUT2D eigenvalue weighted by molar-refractivity contribution is 7.21. The standard InChI is InChI=1S/C25H25N3O2S/c29-14-12-27-25(30)24-23(20-6-1-2-9-22(20)31-24)18-10-13-28(16-18)15-17-5-3-8-21-19(17)7-4-11-26-21/h1-9,11,18,29H,10,12-16H2,(H,27,30)/t18-/m1/s1. The van der Waals surface area contributed by atoms with Crippen molar-refractivity contribution in [1.29, 1.82) is 0 Å². The molecule has 0 bridgehead atoms. The Kier molecular flexibility index (Phi) is 5.68. The predicted octanol–water partition coefficient (Wildman–Crippen LogP) is 4.16. The fourth-order valence-corrected chi connectivity index (χ4v) is 5.85. The number of fused-ring (bicyclic) bond motifs is 2. The first-order valence-electron chi connectivity index (χ1n) is 10.7. The van der Waals surface area contributed by atoms with Crippen molar-refractivity contribution in [2.24, 2.45) is 0 Å². The number of pyridine rings is 1. The molecule has 0 saturated carbocycles. The van der Waals surface area contributed by atoms with Gasteiger partial charge in [-0.15, -0.1) is 11.3 Å². The van der Waals surface area contributed by atoms with Gasteiger partial charge in [-0.1, -0.05) is 36.4 Å². The second-order valence-electron chi connectivity index (χ2n) is 8.03. The molecule has 31 heavy (non-hydrogen) atoms. The third-order valence-corrected chi connectivity index (χ3v) is 7.23. The maximum atomic E-state index is 12.8. The normalized spacial score (nSPS) is 16.9. The van der Waals surface area contributed by atoms with E-state index >= 15 is 0 Å². The number of benzene rings is 2. The van der Waals surface area contributed by atoms with Crippen LogP contribution in [0, 0.1) is 0 Å². The van der Waals surface area contributed by atoms with E-state index in [4.69, 9.17) is 5.11 Å². The van der Waals surface area contributed by atoms with Crippen LogP contribution in [0.3, 0.4) is 0 Å². The van der Waals surface area contributed by atoms with Crippen LogP contribution in [0.4, 0.5) is 0 Å². The number of amides is 1. The molecular weight excluding hydrogens is 406 g/mol. The minimum Gasteiger partial charge on any atom is -0.395 e. The summed E-state index contributed by atoms with van der Waals surface area (Å²) in [5.74, 6) is 0.239. The monoisotopic (exact) mass is 431 g/mol. The van der Waals surface area contributed by atoms with Gasteiger partial charge in [-0.2, -0.15) is 0 Å². The minimum absolute atomic E-state index is 0.0525. The van der Waals surface area contributed by atoms with Crippen molar-refractivity contribution in [2.45, 2.75) is 18.9 Å². The Morgan fingerprint density at radius 2 is 2.00 bits per heavy atom. The maximum absolute atomic E-state index is 12.8. The van der Waals surface area contributed by atoms with Crippen molar-refractivity contribution in [1.82, 2.24) is 15.2 Å². The lowest BCUT2D eigenvalue weighted by atomic mass is 9.95. The molecule has 1 amide bonds. The van der Waals surface area contributed by atoms with Crippen LogP contribution in [0.1, 0.15) is 33.1 Å². The molecule has 4 aromatic rings. The average Bonchev–Trinajstić information content (AvgIpc) is 3.42. The number of aliphatic hydroxyl groups excluding tert-OH is 1. The van der Waals surface area contributed by atoms with Crippen LogP contribution in [-0.2, 0) is 6.54 Å². The molecule has 1 fully saturated rings. The summed E-state index contributed by atoms with van der Waals surface area (Å²) in [4.78, 5) is 20.6. The van der Waals surface area contributed by atoms with E-state index in [9.17, 15) is 4.79 Å². The number of nitrogens with one attached hydrogen (secondary N) is 1. The number of aliphatic hydroxyl groups is 1. The summed E-state index contributed by atoms with van der Waals surface area (Å²) in [5, 5.41) is 14.3. The molecule has 2 aromatic carbocycles. The number of thiophene rings is 1. The van der Waals surface area contributed by atoms with E-state index < -0.39 is 0 Å². The van der Waals surface area contributed by atoms with Gasteiger partial charge in [0.2, 0.25) is 0 Å². The van der Waals surface area contributed by atoms with Gasteiger partial charge in [-0.25, -0.2) is 0 Å². The molecule has 2 aromatic heterocycles. The molecule has 0 spiro atoms. The molecular formula is C25H25N3O2S. The van der Waals surface area contributed by atoms with Crippen molar-refractivity contribution >= 4 is 38.2 Å². The summed E-state index contributed by atoms with van der Waals surface area (Å²) in [5.41, 5.74) is 3.49. The molecule has 3 heterocycles. The number of aromatic nitrogens is 1. The molecule has 158 valence electrons. The third kappa shape index (κ3) is 3.94. The first-order valence-corrected chi connectivity index (χ1v) is 11.5. The third-order valence-electron chi connectivity index (χ3n) is 6.05. The summed E-state index contributed by atoms with van der Waals surface area (Å²) < 4.78 is 1.14. The zero-order valence-corrected chi connectivity index (χ0v) is 18.1. The Morgan fingerprint density at radius 1 is 1.13 bits per heavy atom. The van der Waals surface area contributed by atoms with Crippen LogP contribution in [0.2, 0.25) is 0 Å². The lowest BCUT2D eigenvalue weighted by molar-refractivity contribution is 0.0947. The first kappa shape index (κ1) is 20.1. The fourth-order valence-electron chi connectivity index (χ4n) is 4.65. The number of likely N-dealkylation sites (tertiary alicyclic amines) is 1. The number of nitrogens with zero attached hydrogens (tertiary/aromatic N) is 2. The second kappa shape index (κ2) is 8.75. The van der Waals surface area contributed by atoms with E-state index in [2.05, 4.69) is 51.6 Å². The topological polar surface area (TPSA) is 65.5 Å². The maximum Gasteiger partial charge on any atom is 0.261 e. The molecule has 0 radical (unpaired) electrons. The van der Waals surface area contributed by atoms with Gasteiger partial charge in [-0.05, 0) is 47.7 Å². The summed E-state index contributed by atoms with van der Waals surface area (Å²) in [6.45, 7) is 3.04. The Labute approximate surface area is 185 Å². The zero-order chi connectivity index (χ0) is 21.2. The van der Waals surface area contributed by atoms with Crippen LogP contribution < -0.4 is 5.32 Å². The Bertz CT molecular complexity index is 1230. The minimum atomic E-state index is -0.0798. The molecule has 5 rings (SSSR count). The number of hydrogen-bond donors (Lipinski definition) is 2. The van der Waals surface area contributed by atoms with Gasteiger partial charge < -0.3 is 10.4 Å². The van der Waals surface area contributed by atoms with Crippen molar-refractivity contribution in [2.75, 3.05) is 26.2 Å². The van der Waals surface area contributed by atoms with Gasteiger partial charge in [0.05, 0.1) is 17.0 Å². The number of carbonyl (C=O) groups excluding carboxylic acids is 1. The van der Waals surface area contributed by atoms with Gasteiger partial charge in [0.15, 0.2) is 0 Å². The van der Waals surface area contributed by atoms with Gasteiger partial charge >= 0.3 is 0 Å². The highest BCUT2D eigenvalue weighted by atomic mass is 32.1. The van der Waals surface area contributed by atoms with Gasteiger partial charge in [0, 0.05) is 41.8 Å². The molecule has 0 unspecified atom stereocenters. The van der Waals surface area contributed by atoms with Crippen molar-refractivity contribution < 1.29 is 9.90 Å². The second-order valence-corrected chi connectivity index (χ2v) is 9.08. The summed E-state index contributed by atoms with van der Waals surface area (Å²) in [6.07, 6.45) is 2.87. The van der Waals surface area contributed by atoms with Crippen molar-refractivity contribution in [3.63, 3.8) is 0 Å². The van der Waals surface area contributed by atoms with Crippen LogP contribution in [-0.4, -0.2) is 47.1 Å². The molecule has 0 aliphatic carbocycles. The summed E-state index contributed by atoms with van der Waals surface area (Å²) in [6, 6.07) is 18.7. The summed E-state index contributed by atoms with van der Waals surface area (Å²) in [7, 11) is 0. The first-order chi connectivity index (χ1) is 15.2. The van der Waals surface area contributed by atoms with Crippen LogP contribution >= 0.6 is 11.3 Å². The number of carbonyl (C=O) groups is 1. The van der Waals surface area contributed by atoms with Gasteiger partial charge in [-0.3, -0.25) is 14.7 Å². The lowest BCUT2D eigenvalue weighted by Crippen LogP contribution is -2.27. The van der Waals surface area contributed by atoms with E-state index in [0.29, 0.717) is 5.92 Å². The molecule has 2 N–H and O–H groups in total. The Morgan fingerprint density at radius 3 is 2.90 bits per heavy atom. The van der Waals surface area contributed by atoms with E-state index in [1.54, 1.807) is 11.3 Å². The molecule has 1 aliphatic rings. The number of hydrogen-bond acceptors (Lipinski definition) is 5. The average molecular weight is 432 g/mol. The van der Waals surface area contributed by atoms with Crippen molar-refractivity contribution in [3.8, 4) is 0 Å². The molecule has 5 nitrogen and oxygen atoms in total. The van der Waals surface area contributed by atoms with Gasteiger partial charge in [0.1, 0.15) is 0 Å². The molecule has 1 saturated heterocycles. The lowest BCUT2D eigenvalue weighted by Gasteiger charge is -2.18. The number of rotatable bonds is 6. The molecule has 6 heteroatoms. The fraction of sp³-hybridized carbons (Fsp3) is 0.280. The zero-order valence-electron chi connectivity index (χ0n) is 17.3. The highest BCUT2D eigenvalue weighted by Gasteiger charge is 2.30. The SMILES string of the molecule is O=C(NCCO)c1sc2ccccc2c1[C@@H]1CCN(Cc2cccc3ncccc23)C1. The van der Waals surface area contributed by atoms with Crippen LogP contribution in [0.25, 0.3) is 21.0 Å². The smallest absolute Gasteiger partial charge is 0.261 e. The Hall–Kier alpha value is -2.80. The molecule has 1 atom stereocenters. The summed E-state index contributed by atoms with van der Waals surface area (Å²) >= 11 is 1.56. The van der Waals surface area contributed by atoms with E-state index in [1.165, 1.54) is 16.3 Å². The largest absolute Gasteiger partial charge is 0.395 e. The van der Waals surface area contributed by atoms with E-state index in [-0.39, 0.29) is 19.1 Å². The van der Waals surface area contributed by atoms with Gasteiger partial charge in [0.25, 0.3) is 5.91 Å². The van der Waals surface area contributed by atoms with Crippen molar-refractivity contribution in [3.05, 3.63) is 76.8 Å². The molecule has 1 aliphatic heterocycles. The van der Waals surface area contributed by atoms with E-state index in [0.717, 1.165) is 46.7 Å².